The number of nitrogens with zero attached hydrogens (tertiary/aromatic N) is 2. The van der Waals surface area contributed by atoms with Crippen LogP contribution in [0.1, 0.15) is 25.8 Å². The Kier molecular flexibility index (Phi) is 7.28. The van der Waals surface area contributed by atoms with Gasteiger partial charge in [0.25, 0.3) is 0 Å². The Morgan fingerprint density at radius 2 is 2.10 bits per heavy atom. The lowest BCUT2D eigenvalue weighted by Gasteiger charge is -2.36. The molecule has 0 aliphatic carbocycles. The summed E-state index contributed by atoms with van der Waals surface area (Å²) in [5.41, 5.74) is 8.41. The molecule has 0 saturated carbocycles. The Labute approximate surface area is 176 Å². The summed E-state index contributed by atoms with van der Waals surface area (Å²) in [6, 6.07) is 8.15. The summed E-state index contributed by atoms with van der Waals surface area (Å²) in [7, 11) is 1.61. The van der Waals surface area contributed by atoms with Crippen LogP contribution in [0.25, 0.3) is 0 Å². The number of ether oxygens (including phenoxy) is 1. The Bertz CT molecular complexity index is 769. The minimum Gasteiger partial charge on any atom is -0.383 e. The molecule has 2 aliphatic rings. The third-order valence-corrected chi connectivity index (χ3v) is 6.47. The van der Waals surface area contributed by atoms with E-state index in [0.29, 0.717) is 30.6 Å². The van der Waals surface area contributed by atoms with Gasteiger partial charge in [0, 0.05) is 25.4 Å². The van der Waals surface area contributed by atoms with E-state index in [2.05, 4.69) is 16.2 Å². The van der Waals surface area contributed by atoms with Gasteiger partial charge in [0.05, 0.1) is 17.8 Å². The van der Waals surface area contributed by atoms with Crippen molar-refractivity contribution < 1.29 is 9.53 Å². The van der Waals surface area contributed by atoms with Gasteiger partial charge < -0.3 is 10.1 Å². The number of hydrazine groups is 1. The number of fused-ring (bicyclic) bond motifs is 1. The van der Waals surface area contributed by atoms with Crippen molar-refractivity contribution >= 4 is 34.4 Å². The number of benzene rings is 1. The molecular formula is C20H30N6O2S. The molecule has 1 fully saturated rings. The summed E-state index contributed by atoms with van der Waals surface area (Å²) < 4.78 is 5.01. The molecule has 4 unspecified atom stereocenters. The molecule has 0 aromatic heterocycles. The zero-order chi connectivity index (χ0) is 21.0. The predicted octanol–water partition coefficient (Wildman–Crippen LogP) is 1.86. The summed E-state index contributed by atoms with van der Waals surface area (Å²) in [5, 5.41) is 12.2. The van der Waals surface area contributed by atoms with E-state index in [-0.39, 0.29) is 29.3 Å². The van der Waals surface area contributed by atoms with E-state index >= 15 is 0 Å². The van der Waals surface area contributed by atoms with Crippen LogP contribution in [-0.4, -0.2) is 54.6 Å². The van der Waals surface area contributed by atoms with Crippen molar-refractivity contribution in [1.82, 2.24) is 16.2 Å². The second-order valence-electron chi connectivity index (χ2n) is 7.31. The van der Waals surface area contributed by atoms with Crippen LogP contribution in [0.5, 0.6) is 0 Å². The van der Waals surface area contributed by atoms with E-state index in [1.807, 2.05) is 49.9 Å². The minimum atomic E-state index is -0.297. The van der Waals surface area contributed by atoms with Gasteiger partial charge in [0.1, 0.15) is 12.0 Å². The van der Waals surface area contributed by atoms with Gasteiger partial charge in [-0.25, -0.2) is 10.4 Å². The van der Waals surface area contributed by atoms with Crippen LogP contribution in [0.4, 0.5) is 5.69 Å². The first kappa shape index (κ1) is 21.8. The van der Waals surface area contributed by atoms with Gasteiger partial charge in [-0.15, -0.1) is 0 Å². The molecule has 1 aromatic rings. The Morgan fingerprint density at radius 3 is 2.76 bits per heavy atom. The standard InChI is InChI=1S/C20H30N6O2S/c1-5-15(19(27)22-10-11-28-4)29-20-23-18-16(13(3)24-25-18)17(21)26(20)14-8-6-12(2)7-9-14/h6-9,13,15-16,18,21,24-25H,5,10-11H2,1-4H3,(H,22,27). The molecule has 4 N–H and O–H groups in total. The number of aryl methyl sites for hydroxylation is 1. The fourth-order valence-electron chi connectivity index (χ4n) is 3.46. The highest BCUT2D eigenvalue weighted by Crippen LogP contribution is 2.33. The second kappa shape index (κ2) is 9.71. The average Bonchev–Trinajstić information content (AvgIpc) is 3.08. The van der Waals surface area contributed by atoms with Crippen LogP contribution in [-0.2, 0) is 9.53 Å². The van der Waals surface area contributed by atoms with Crippen LogP contribution in [0.15, 0.2) is 29.3 Å². The van der Waals surface area contributed by atoms with Crippen LogP contribution in [0, 0.1) is 18.3 Å². The molecule has 0 bridgehead atoms. The molecule has 1 amide bonds. The number of carbonyl (C=O) groups is 1. The van der Waals surface area contributed by atoms with Crippen molar-refractivity contribution in [3.05, 3.63) is 29.8 Å². The van der Waals surface area contributed by atoms with E-state index in [1.54, 1.807) is 7.11 Å². The fourth-order valence-corrected chi connectivity index (χ4v) is 4.56. The molecule has 2 aliphatic heterocycles. The summed E-state index contributed by atoms with van der Waals surface area (Å²) in [5.74, 6) is 0.368. The number of hydrogen-bond donors (Lipinski definition) is 4. The molecule has 0 radical (unpaired) electrons. The number of carbonyl (C=O) groups excluding carboxylic acids is 1. The maximum atomic E-state index is 12.6. The van der Waals surface area contributed by atoms with Crippen LogP contribution < -0.4 is 21.1 Å². The normalized spacial score (nSPS) is 24.8. The quantitative estimate of drug-likeness (QED) is 0.504. The number of aliphatic imine (C=N–C) groups is 1. The van der Waals surface area contributed by atoms with Gasteiger partial charge in [0.2, 0.25) is 5.91 Å². The van der Waals surface area contributed by atoms with Gasteiger partial charge in [0.15, 0.2) is 5.17 Å². The van der Waals surface area contributed by atoms with E-state index in [1.165, 1.54) is 11.8 Å². The number of nitrogens with one attached hydrogen (secondary N) is 4. The van der Waals surface area contributed by atoms with Gasteiger partial charge in [-0.3, -0.25) is 20.5 Å². The average molecular weight is 419 g/mol. The maximum Gasteiger partial charge on any atom is 0.233 e. The summed E-state index contributed by atoms with van der Waals surface area (Å²) >= 11 is 1.41. The zero-order valence-corrected chi connectivity index (χ0v) is 18.2. The summed E-state index contributed by atoms with van der Waals surface area (Å²) in [4.78, 5) is 19.4. The third kappa shape index (κ3) is 4.80. The van der Waals surface area contributed by atoms with Crippen LogP contribution in [0.2, 0.25) is 0 Å². The van der Waals surface area contributed by atoms with E-state index in [0.717, 1.165) is 11.3 Å². The largest absolute Gasteiger partial charge is 0.383 e. The Hall–Kier alpha value is -1.94. The van der Waals surface area contributed by atoms with E-state index < -0.39 is 0 Å². The molecule has 0 spiro atoms. The van der Waals surface area contributed by atoms with Gasteiger partial charge in [-0.2, -0.15) is 0 Å². The van der Waals surface area contributed by atoms with Gasteiger partial charge in [-0.05, 0) is 32.4 Å². The Balaban J connectivity index is 1.87. The molecule has 2 heterocycles. The third-order valence-electron chi connectivity index (χ3n) is 5.14. The van der Waals surface area contributed by atoms with Crippen molar-refractivity contribution in [2.75, 3.05) is 25.2 Å². The maximum absolute atomic E-state index is 12.6. The monoisotopic (exact) mass is 418 g/mol. The lowest BCUT2D eigenvalue weighted by atomic mass is 9.97. The van der Waals surface area contributed by atoms with Crippen molar-refractivity contribution in [3.8, 4) is 0 Å². The molecule has 4 atom stereocenters. The second-order valence-corrected chi connectivity index (χ2v) is 8.48. The highest BCUT2D eigenvalue weighted by Gasteiger charge is 2.44. The fraction of sp³-hybridized carbons (Fsp3) is 0.550. The number of rotatable bonds is 7. The number of thioether (sulfide) groups is 1. The lowest BCUT2D eigenvalue weighted by Crippen LogP contribution is -2.51. The number of methoxy groups -OCH3 is 1. The number of amidine groups is 2. The SMILES string of the molecule is CCC(SC1=NC2NNC(C)C2C(=N)N1c1ccc(C)cc1)C(=O)NCCOC. The Morgan fingerprint density at radius 1 is 1.38 bits per heavy atom. The van der Waals surface area contributed by atoms with Crippen molar-refractivity contribution in [2.45, 2.75) is 44.6 Å². The van der Waals surface area contributed by atoms with Crippen molar-refractivity contribution in [1.29, 1.82) is 5.41 Å². The summed E-state index contributed by atoms with van der Waals surface area (Å²) in [6.07, 6.45) is 0.448. The van der Waals surface area contributed by atoms with E-state index in [4.69, 9.17) is 15.1 Å². The molecule has 158 valence electrons. The van der Waals surface area contributed by atoms with Crippen LogP contribution >= 0.6 is 11.8 Å². The molecular weight excluding hydrogens is 388 g/mol. The highest BCUT2D eigenvalue weighted by molar-refractivity contribution is 8.15. The van der Waals surface area contributed by atoms with Crippen molar-refractivity contribution in [2.24, 2.45) is 10.9 Å². The molecule has 8 nitrogen and oxygen atoms in total. The molecule has 1 saturated heterocycles. The first-order valence-corrected chi connectivity index (χ1v) is 10.8. The van der Waals surface area contributed by atoms with Crippen molar-refractivity contribution in [3.63, 3.8) is 0 Å². The summed E-state index contributed by atoms with van der Waals surface area (Å²) in [6.45, 7) is 7.02. The molecule has 1 aromatic carbocycles. The minimum absolute atomic E-state index is 0.0411. The smallest absolute Gasteiger partial charge is 0.233 e. The van der Waals surface area contributed by atoms with E-state index in [9.17, 15) is 4.79 Å². The first-order valence-electron chi connectivity index (χ1n) is 9.93. The lowest BCUT2D eigenvalue weighted by molar-refractivity contribution is -0.120. The predicted molar refractivity (Wildman–Crippen MR) is 118 cm³/mol. The highest BCUT2D eigenvalue weighted by atomic mass is 32.2. The molecule has 3 rings (SSSR count). The van der Waals surface area contributed by atoms with Gasteiger partial charge >= 0.3 is 0 Å². The molecule has 9 heteroatoms. The molecule has 29 heavy (non-hydrogen) atoms. The number of amides is 1. The first-order chi connectivity index (χ1) is 14.0. The topological polar surface area (TPSA) is 102 Å². The number of hydrogen-bond acceptors (Lipinski definition) is 7. The zero-order valence-electron chi connectivity index (χ0n) is 17.4. The van der Waals surface area contributed by atoms with Crippen LogP contribution in [0.3, 0.4) is 0 Å². The number of anilines is 1. The van der Waals surface area contributed by atoms with Gasteiger partial charge in [-0.1, -0.05) is 36.4 Å².